The Bertz CT molecular complexity index is 600. The number of benzene rings is 1. The quantitative estimate of drug-likeness (QED) is 0.821. The number of hydrogen-bond donors (Lipinski definition) is 2. The maximum Gasteiger partial charge on any atom is 0.282 e. The summed E-state index contributed by atoms with van der Waals surface area (Å²) in [4.78, 5) is 12.0. The first kappa shape index (κ1) is 15.2. The summed E-state index contributed by atoms with van der Waals surface area (Å²) >= 11 is 1.25. The third-order valence-electron chi connectivity index (χ3n) is 2.73. The van der Waals surface area contributed by atoms with Crippen molar-refractivity contribution >= 4 is 22.4 Å². The molecular formula is C14H18N4O2S. The molecule has 6 nitrogen and oxygen atoms in total. The van der Waals surface area contributed by atoms with E-state index in [-0.39, 0.29) is 5.91 Å². The largest absolute Gasteiger partial charge is 0.497 e. The number of carbonyl (C=O) groups excluding carboxylic acids is 1. The lowest BCUT2D eigenvalue weighted by Crippen LogP contribution is -2.22. The van der Waals surface area contributed by atoms with Crippen molar-refractivity contribution in [2.75, 3.05) is 19.0 Å². The Hall–Kier alpha value is -2.15. The van der Waals surface area contributed by atoms with Gasteiger partial charge in [0, 0.05) is 13.1 Å². The van der Waals surface area contributed by atoms with Crippen LogP contribution in [0.25, 0.3) is 0 Å². The molecule has 1 heterocycles. The van der Waals surface area contributed by atoms with Gasteiger partial charge in [0.1, 0.15) is 5.75 Å². The highest BCUT2D eigenvalue weighted by atomic mass is 32.1. The topological polar surface area (TPSA) is 76.1 Å². The number of anilines is 1. The summed E-state index contributed by atoms with van der Waals surface area (Å²) in [6, 6.07) is 7.56. The number of aromatic nitrogens is 2. The molecule has 0 spiro atoms. The Morgan fingerprint density at radius 1 is 1.38 bits per heavy atom. The average Bonchev–Trinajstić information content (AvgIpc) is 2.99. The van der Waals surface area contributed by atoms with E-state index in [2.05, 4.69) is 27.8 Å². The van der Waals surface area contributed by atoms with Gasteiger partial charge in [-0.05, 0) is 24.1 Å². The van der Waals surface area contributed by atoms with E-state index in [4.69, 9.17) is 4.74 Å². The molecule has 1 amide bonds. The number of nitrogens with zero attached hydrogens (tertiary/aromatic N) is 2. The molecule has 2 rings (SSSR count). The second kappa shape index (κ2) is 7.58. The van der Waals surface area contributed by atoms with E-state index in [0.29, 0.717) is 16.7 Å². The maximum atomic E-state index is 12.0. The van der Waals surface area contributed by atoms with Crippen molar-refractivity contribution in [1.29, 1.82) is 0 Å². The minimum Gasteiger partial charge on any atom is -0.497 e. The van der Waals surface area contributed by atoms with Gasteiger partial charge < -0.3 is 15.4 Å². The highest BCUT2D eigenvalue weighted by molar-refractivity contribution is 7.17. The Labute approximate surface area is 127 Å². The summed E-state index contributed by atoms with van der Waals surface area (Å²) in [5.74, 6) is 0.545. The van der Waals surface area contributed by atoms with Gasteiger partial charge >= 0.3 is 0 Å². The Morgan fingerprint density at radius 2 is 2.24 bits per heavy atom. The number of nitrogens with one attached hydrogen (secondary N) is 2. The van der Waals surface area contributed by atoms with Gasteiger partial charge in [-0.3, -0.25) is 4.79 Å². The minimum atomic E-state index is -0.222. The van der Waals surface area contributed by atoms with Crippen molar-refractivity contribution in [3.8, 4) is 5.75 Å². The van der Waals surface area contributed by atoms with Gasteiger partial charge in [-0.1, -0.05) is 30.4 Å². The molecule has 0 fully saturated rings. The van der Waals surface area contributed by atoms with Crippen LogP contribution in [0.4, 0.5) is 5.13 Å². The monoisotopic (exact) mass is 306 g/mol. The Balaban J connectivity index is 1.90. The molecule has 1 aromatic heterocycles. The number of rotatable bonds is 7. The fourth-order valence-electron chi connectivity index (χ4n) is 1.66. The molecular weight excluding hydrogens is 288 g/mol. The van der Waals surface area contributed by atoms with Gasteiger partial charge in [0.05, 0.1) is 7.11 Å². The van der Waals surface area contributed by atoms with Crippen molar-refractivity contribution in [3.63, 3.8) is 0 Å². The van der Waals surface area contributed by atoms with Crippen LogP contribution in [0.5, 0.6) is 5.75 Å². The summed E-state index contributed by atoms with van der Waals surface area (Å²) in [6.07, 6.45) is 0.997. The Morgan fingerprint density at radius 3 is 3.00 bits per heavy atom. The highest BCUT2D eigenvalue weighted by Crippen LogP contribution is 2.16. The van der Waals surface area contributed by atoms with Crippen LogP contribution in [0.3, 0.4) is 0 Å². The molecule has 0 aliphatic rings. The van der Waals surface area contributed by atoms with Crippen molar-refractivity contribution in [3.05, 3.63) is 34.8 Å². The molecule has 112 valence electrons. The van der Waals surface area contributed by atoms with Crippen molar-refractivity contribution in [2.24, 2.45) is 0 Å². The average molecular weight is 306 g/mol. The van der Waals surface area contributed by atoms with Crippen LogP contribution in [0.15, 0.2) is 24.3 Å². The number of hydrogen-bond acceptors (Lipinski definition) is 6. The lowest BCUT2D eigenvalue weighted by atomic mass is 10.2. The molecule has 0 aliphatic heterocycles. The van der Waals surface area contributed by atoms with E-state index in [1.165, 1.54) is 11.3 Å². The van der Waals surface area contributed by atoms with Gasteiger partial charge in [0.15, 0.2) is 0 Å². The first-order valence-electron chi connectivity index (χ1n) is 6.71. The zero-order valence-corrected chi connectivity index (χ0v) is 12.9. The molecule has 0 atom stereocenters. The van der Waals surface area contributed by atoms with Crippen molar-refractivity contribution in [1.82, 2.24) is 15.5 Å². The molecule has 0 unspecified atom stereocenters. The van der Waals surface area contributed by atoms with Crippen LogP contribution in [-0.4, -0.2) is 29.8 Å². The smallest absolute Gasteiger partial charge is 0.282 e. The molecule has 7 heteroatoms. The first-order chi connectivity index (χ1) is 10.2. The van der Waals surface area contributed by atoms with Gasteiger partial charge in [-0.2, -0.15) is 0 Å². The predicted molar refractivity (Wildman–Crippen MR) is 82.9 cm³/mol. The summed E-state index contributed by atoms with van der Waals surface area (Å²) in [5.41, 5.74) is 0.969. The van der Waals surface area contributed by atoms with E-state index in [9.17, 15) is 4.79 Å². The standard InChI is InChI=1S/C14H18N4O2S/c1-3-7-15-14-18-17-13(21-14)12(19)16-9-10-5-4-6-11(8-10)20-2/h4-6,8H,3,7,9H2,1-2H3,(H,15,18)(H,16,19). The third kappa shape index (κ3) is 4.42. The van der Waals surface area contributed by atoms with E-state index in [1.807, 2.05) is 24.3 Å². The minimum absolute atomic E-state index is 0.222. The van der Waals surface area contributed by atoms with Crippen LogP contribution in [0.1, 0.15) is 28.7 Å². The maximum absolute atomic E-state index is 12.0. The zero-order chi connectivity index (χ0) is 15.1. The molecule has 21 heavy (non-hydrogen) atoms. The molecule has 0 aliphatic carbocycles. The molecule has 2 aromatic rings. The zero-order valence-electron chi connectivity index (χ0n) is 12.0. The molecule has 0 bridgehead atoms. The van der Waals surface area contributed by atoms with Crippen LogP contribution >= 0.6 is 11.3 Å². The SMILES string of the molecule is CCCNc1nnc(C(=O)NCc2cccc(OC)c2)s1. The van der Waals surface area contributed by atoms with Crippen LogP contribution in [0, 0.1) is 0 Å². The second-order valence-corrected chi connectivity index (χ2v) is 5.35. The summed E-state index contributed by atoms with van der Waals surface area (Å²) in [7, 11) is 1.61. The van der Waals surface area contributed by atoms with Crippen molar-refractivity contribution in [2.45, 2.75) is 19.9 Å². The number of carbonyl (C=O) groups is 1. The van der Waals surface area contributed by atoms with Crippen LogP contribution in [-0.2, 0) is 6.54 Å². The van der Waals surface area contributed by atoms with E-state index in [1.54, 1.807) is 7.11 Å². The van der Waals surface area contributed by atoms with Crippen LogP contribution in [0.2, 0.25) is 0 Å². The molecule has 0 saturated carbocycles. The van der Waals surface area contributed by atoms with E-state index in [0.717, 1.165) is 24.3 Å². The number of methoxy groups -OCH3 is 1. The van der Waals surface area contributed by atoms with Crippen molar-refractivity contribution < 1.29 is 9.53 Å². The fraction of sp³-hybridized carbons (Fsp3) is 0.357. The van der Waals surface area contributed by atoms with Crippen LogP contribution < -0.4 is 15.4 Å². The molecule has 2 N–H and O–H groups in total. The normalized spacial score (nSPS) is 10.2. The fourth-order valence-corrected chi connectivity index (χ4v) is 2.34. The Kier molecular flexibility index (Phi) is 5.51. The van der Waals surface area contributed by atoms with E-state index < -0.39 is 0 Å². The predicted octanol–water partition coefficient (Wildman–Crippen LogP) is 2.30. The summed E-state index contributed by atoms with van der Waals surface area (Å²) < 4.78 is 5.15. The molecule has 1 aromatic carbocycles. The number of ether oxygens (including phenoxy) is 1. The second-order valence-electron chi connectivity index (χ2n) is 4.37. The highest BCUT2D eigenvalue weighted by Gasteiger charge is 2.12. The first-order valence-corrected chi connectivity index (χ1v) is 7.53. The molecule has 0 saturated heterocycles. The summed E-state index contributed by atoms with van der Waals surface area (Å²) in [5, 5.41) is 14.8. The van der Waals surface area contributed by atoms with Gasteiger partial charge in [-0.15, -0.1) is 10.2 Å². The van der Waals surface area contributed by atoms with Gasteiger partial charge in [0.2, 0.25) is 10.1 Å². The third-order valence-corrected chi connectivity index (χ3v) is 3.61. The number of amides is 1. The molecule has 0 radical (unpaired) electrons. The van der Waals surface area contributed by atoms with Gasteiger partial charge in [0.25, 0.3) is 5.91 Å². The lowest BCUT2D eigenvalue weighted by molar-refractivity contribution is 0.0950. The lowest BCUT2D eigenvalue weighted by Gasteiger charge is -2.05. The van der Waals surface area contributed by atoms with Gasteiger partial charge in [-0.25, -0.2) is 0 Å². The van der Waals surface area contributed by atoms with E-state index >= 15 is 0 Å². The summed E-state index contributed by atoms with van der Waals surface area (Å²) in [6.45, 7) is 3.31.